The average molecular weight is 233 g/mol. The molecule has 0 rings (SSSR count). The minimum Gasteiger partial charge on any atom is -0.464 e. The molecule has 15 heavy (non-hydrogen) atoms. The molecule has 0 aromatic rings. The van der Waals surface area contributed by atoms with Crippen molar-refractivity contribution in [1.29, 1.82) is 0 Å². The van der Waals surface area contributed by atoms with Gasteiger partial charge in [0, 0.05) is 6.42 Å². The largest absolute Gasteiger partial charge is 0.464 e. The zero-order valence-corrected chi connectivity index (χ0v) is 9.47. The average Bonchev–Trinajstić information content (AvgIpc) is 2.18. The molecule has 0 aliphatic heterocycles. The van der Waals surface area contributed by atoms with Crippen LogP contribution in [0.4, 0.5) is 0 Å². The second kappa shape index (κ2) is 6.31. The summed E-state index contributed by atoms with van der Waals surface area (Å²) in [7, 11) is 0. The number of hydrogen-bond acceptors (Lipinski definition) is 4. The van der Waals surface area contributed by atoms with E-state index >= 15 is 0 Å². The zero-order chi connectivity index (χ0) is 11.9. The Morgan fingerprint density at radius 3 is 1.93 bits per heavy atom. The third kappa shape index (κ3) is 3.45. The van der Waals surface area contributed by atoms with Gasteiger partial charge in [-0.3, -0.25) is 0 Å². The molecule has 0 amide bonds. The van der Waals surface area contributed by atoms with Gasteiger partial charge < -0.3 is 9.47 Å². The fourth-order valence-electron chi connectivity index (χ4n) is 0.859. The monoisotopic (exact) mass is 232 g/mol. The first-order chi connectivity index (χ1) is 7.02. The van der Waals surface area contributed by atoms with Gasteiger partial charge in [0.25, 0.3) is 0 Å². The molecule has 0 unspecified atom stereocenters. The third-order valence-corrected chi connectivity index (χ3v) is 1.99. The van der Waals surface area contributed by atoms with E-state index in [1.54, 1.807) is 13.8 Å². The minimum absolute atomic E-state index is 0.122. The van der Waals surface area contributed by atoms with E-state index in [2.05, 4.69) is 15.4 Å². The molecule has 0 heterocycles. The van der Waals surface area contributed by atoms with Gasteiger partial charge in [0.1, 0.15) is 0 Å². The van der Waals surface area contributed by atoms with Gasteiger partial charge >= 0.3 is 11.9 Å². The molecule has 0 spiro atoms. The fraction of sp³-hybridized carbons (Fsp3) is 0.600. The van der Waals surface area contributed by atoms with Gasteiger partial charge in [-0.15, -0.1) is 12.3 Å². The molecule has 0 bridgehead atoms. The Kier molecular flexibility index (Phi) is 5.80. The number of terminal acetylenes is 1. The van der Waals surface area contributed by atoms with E-state index in [9.17, 15) is 9.59 Å². The maximum absolute atomic E-state index is 11.4. The van der Waals surface area contributed by atoms with Gasteiger partial charge in [-0.25, -0.2) is 9.59 Å². The number of halogens is 1. The van der Waals surface area contributed by atoms with Gasteiger partial charge in [0.15, 0.2) is 0 Å². The zero-order valence-electron chi connectivity index (χ0n) is 8.71. The lowest BCUT2D eigenvalue weighted by molar-refractivity contribution is -0.159. The van der Waals surface area contributed by atoms with Gasteiger partial charge in [-0.2, -0.15) is 0 Å². The first-order valence-corrected chi connectivity index (χ1v) is 4.87. The Hall–Kier alpha value is -1.21. The van der Waals surface area contributed by atoms with Crippen LogP contribution in [0.15, 0.2) is 0 Å². The molecule has 84 valence electrons. The van der Waals surface area contributed by atoms with E-state index in [1.165, 1.54) is 0 Å². The van der Waals surface area contributed by atoms with Gasteiger partial charge in [-0.05, 0) is 13.8 Å². The van der Waals surface area contributed by atoms with Crippen molar-refractivity contribution in [2.45, 2.75) is 25.1 Å². The van der Waals surface area contributed by atoms with Crippen molar-refractivity contribution in [2.24, 2.45) is 0 Å². The summed E-state index contributed by atoms with van der Waals surface area (Å²) in [5.74, 6) is 0.409. The highest BCUT2D eigenvalue weighted by atomic mass is 35.5. The van der Waals surface area contributed by atoms with E-state index < -0.39 is 16.8 Å². The summed E-state index contributed by atoms with van der Waals surface area (Å²) < 4.78 is 9.32. The molecule has 0 aliphatic carbocycles. The lowest BCUT2D eigenvalue weighted by Gasteiger charge is -2.20. The van der Waals surface area contributed by atoms with Crippen molar-refractivity contribution in [3.8, 4) is 12.3 Å². The first-order valence-electron chi connectivity index (χ1n) is 4.49. The molecular formula is C10H13ClO4. The molecule has 0 radical (unpaired) electrons. The van der Waals surface area contributed by atoms with E-state index in [0.717, 1.165) is 0 Å². The van der Waals surface area contributed by atoms with Crippen molar-refractivity contribution in [1.82, 2.24) is 0 Å². The maximum Gasteiger partial charge on any atom is 0.339 e. The number of hydrogen-bond donors (Lipinski definition) is 0. The SMILES string of the molecule is C#CCC(Cl)(C(=O)OCC)C(=O)OCC. The van der Waals surface area contributed by atoms with Gasteiger partial charge in [0.05, 0.1) is 13.2 Å². The number of alkyl halides is 1. The topological polar surface area (TPSA) is 52.6 Å². The second-order valence-electron chi connectivity index (χ2n) is 2.62. The number of carbonyl (C=O) groups excluding carboxylic acids is 2. The standard InChI is InChI=1S/C10H13ClO4/c1-4-7-10(11,8(12)14-5-2)9(13)15-6-3/h1H,5-7H2,2-3H3. The Labute approximate surface area is 93.9 Å². The molecular weight excluding hydrogens is 220 g/mol. The van der Waals surface area contributed by atoms with Crippen molar-refractivity contribution >= 4 is 23.5 Å². The summed E-state index contributed by atoms with van der Waals surface area (Å²) in [6, 6.07) is 0. The van der Waals surface area contributed by atoms with Crippen LogP contribution in [-0.4, -0.2) is 30.0 Å². The summed E-state index contributed by atoms with van der Waals surface area (Å²) in [4.78, 5) is 20.9. The lowest BCUT2D eigenvalue weighted by Crippen LogP contribution is -2.43. The molecule has 0 saturated heterocycles. The van der Waals surface area contributed by atoms with Crippen LogP contribution in [0.5, 0.6) is 0 Å². The second-order valence-corrected chi connectivity index (χ2v) is 3.27. The van der Waals surface area contributed by atoms with Crippen LogP contribution in [0.3, 0.4) is 0 Å². The van der Waals surface area contributed by atoms with Crippen LogP contribution < -0.4 is 0 Å². The Bertz CT molecular complexity index is 262. The summed E-state index contributed by atoms with van der Waals surface area (Å²) in [6.07, 6.45) is 4.77. The molecule has 0 saturated carbocycles. The van der Waals surface area contributed by atoms with Crippen molar-refractivity contribution in [2.75, 3.05) is 13.2 Å². The maximum atomic E-state index is 11.4. The van der Waals surface area contributed by atoms with Crippen LogP contribution in [0.1, 0.15) is 20.3 Å². The summed E-state index contributed by atoms with van der Waals surface area (Å²) in [6.45, 7) is 3.46. The molecule has 4 nitrogen and oxygen atoms in total. The fourth-order valence-corrected chi connectivity index (χ4v) is 1.05. The van der Waals surface area contributed by atoms with E-state index in [0.29, 0.717) is 0 Å². The molecule has 0 N–H and O–H groups in total. The van der Waals surface area contributed by atoms with Crippen molar-refractivity contribution < 1.29 is 19.1 Å². The van der Waals surface area contributed by atoms with Crippen molar-refractivity contribution in [3.05, 3.63) is 0 Å². The highest BCUT2D eigenvalue weighted by Crippen LogP contribution is 2.23. The third-order valence-electron chi connectivity index (χ3n) is 1.54. The van der Waals surface area contributed by atoms with E-state index in [-0.39, 0.29) is 19.6 Å². The summed E-state index contributed by atoms with van der Waals surface area (Å²) in [5, 5.41) is 0. The van der Waals surface area contributed by atoms with Gasteiger partial charge in [-0.1, -0.05) is 11.6 Å². The number of esters is 2. The highest BCUT2D eigenvalue weighted by Gasteiger charge is 2.46. The summed E-state index contributed by atoms with van der Waals surface area (Å²) in [5.41, 5.74) is 0. The molecule has 0 aromatic carbocycles. The minimum atomic E-state index is -1.92. The predicted octanol–water partition coefficient (Wildman–Crippen LogP) is 1.11. The van der Waals surface area contributed by atoms with Gasteiger partial charge in [0.2, 0.25) is 4.87 Å². The molecule has 0 fully saturated rings. The lowest BCUT2D eigenvalue weighted by atomic mass is 10.1. The number of rotatable bonds is 5. The van der Waals surface area contributed by atoms with Crippen LogP contribution in [0.25, 0.3) is 0 Å². The van der Waals surface area contributed by atoms with Crippen LogP contribution in [0, 0.1) is 12.3 Å². The number of carbonyl (C=O) groups is 2. The first kappa shape index (κ1) is 13.8. The molecule has 0 atom stereocenters. The quantitative estimate of drug-likeness (QED) is 0.308. The van der Waals surface area contributed by atoms with Crippen LogP contribution in [-0.2, 0) is 19.1 Å². The van der Waals surface area contributed by atoms with E-state index in [4.69, 9.17) is 18.0 Å². The summed E-state index contributed by atoms with van der Waals surface area (Å²) >= 11 is 5.81. The normalized spacial score (nSPS) is 10.3. The van der Waals surface area contributed by atoms with Crippen molar-refractivity contribution in [3.63, 3.8) is 0 Å². The molecule has 0 aliphatic rings. The Morgan fingerprint density at radius 1 is 1.27 bits per heavy atom. The van der Waals surface area contributed by atoms with Crippen LogP contribution >= 0.6 is 11.6 Å². The van der Waals surface area contributed by atoms with Crippen LogP contribution in [0.2, 0.25) is 0 Å². The molecule has 5 heteroatoms. The predicted molar refractivity (Wildman–Crippen MR) is 55.3 cm³/mol. The highest BCUT2D eigenvalue weighted by molar-refractivity contribution is 6.44. The molecule has 0 aromatic heterocycles. The smallest absolute Gasteiger partial charge is 0.339 e. The Balaban J connectivity index is 4.80. The number of ether oxygens (including phenoxy) is 2. The Morgan fingerprint density at radius 2 is 1.67 bits per heavy atom. The van der Waals surface area contributed by atoms with E-state index in [1.807, 2.05) is 0 Å².